The number of carbonyl (C=O) groups excluding carboxylic acids is 2. The molecule has 5 rings (SSSR count). The molecule has 0 unspecified atom stereocenters. The largest absolute Gasteiger partial charge is 0.274 e. The van der Waals surface area contributed by atoms with E-state index < -0.39 is 11.8 Å². The predicted molar refractivity (Wildman–Crippen MR) is 144 cm³/mol. The average molecular weight is 553 g/mol. The number of carbonyl (C=O) groups is 2. The molecule has 0 spiro atoms. The van der Waals surface area contributed by atoms with E-state index in [1.807, 2.05) is 0 Å². The second-order valence-electron chi connectivity index (χ2n) is 11.3. The van der Waals surface area contributed by atoms with Gasteiger partial charge in [0.05, 0.1) is 31.2 Å². The lowest BCUT2D eigenvalue weighted by Gasteiger charge is -2.56. The number of halogens is 4. The van der Waals surface area contributed by atoms with Crippen molar-refractivity contribution in [3.63, 3.8) is 0 Å². The minimum absolute atomic E-state index is 0.00110. The van der Waals surface area contributed by atoms with E-state index >= 15 is 0 Å². The van der Waals surface area contributed by atoms with Gasteiger partial charge in [0.15, 0.2) is 0 Å². The van der Waals surface area contributed by atoms with Gasteiger partial charge >= 0.3 is 0 Å². The van der Waals surface area contributed by atoms with Crippen molar-refractivity contribution >= 4 is 58.2 Å². The van der Waals surface area contributed by atoms with Gasteiger partial charge in [0.25, 0.3) is 11.8 Å². The number of benzene rings is 2. The number of nitrogens with zero attached hydrogens (tertiary/aromatic N) is 1. The predicted octanol–water partition coefficient (Wildman–Crippen LogP) is 8.73. The molecule has 0 aromatic heterocycles. The van der Waals surface area contributed by atoms with E-state index in [-0.39, 0.29) is 42.0 Å². The van der Waals surface area contributed by atoms with Crippen LogP contribution in [-0.4, -0.2) is 23.3 Å². The van der Waals surface area contributed by atoms with Crippen LogP contribution in [0.2, 0.25) is 20.1 Å². The van der Waals surface area contributed by atoms with Crippen molar-refractivity contribution in [3.05, 3.63) is 66.1 Å². The van der Waals surface area contributed by atoms with Crippen molar-refractivity contribution in [1.29, 1.82) is 0 Å². The molecule has 1 fully saturated rings. The normalized spacial score (nSPS) is 27.8. The Morgan fingerprint density at radius 2 is 1.54 bits per heavy atom. The van der Waals surface area contributed by atoms with Crippen molar-refractivity contribution in [2.45, 2.75) is 71.1 Å². The van der Waals surface area contributed by atoms with Crippen molar-refractivity contribution < 1.29 is 9.59 Å². The van der Waals surface area contributed by atoms with Crippen molar-refractivity contribution in [2.75, 3.05) is 6.54 Å². The van der Waals surface area contributed by atoms with Crippen LogP contribution in [0, 0.1) is 11.3 Å². The number of aryl methyl sites for hydroxylation is 1. The summed E-state index contributed by atoms with van der Waals surface area (Å²) in [4.78, 5) is 28.2. The van der Waals surface area contributed by atoms with Crippen LogP contribution in [0.1, 0.15) is 96.7 Å². The zero-order valence-corrected chi connectivity index (χ0v) is 23.4. The summed E-state index contributed by atoms with van der Waals surface area (Å²) < 4.78 is 0. The Labute approximate surface area is 227 Å². The molecule has 1 saturated carbocycles. The highest BCUT2D eigenvalue weighted by molar-refractivity contribution is 6.55. The smallest absolute Gasteiger partial charge is 0.263 e. The highest BCUT2D eigenvalue weighted by Crippen LogP contribution is 2.58. The third-order valence-corrected chi connectivity index (χ3v) is 10.7. The number of imide groups is 1. The Balaban J connectivity index is 1.51. The van der Waals surface area contributed by atoms with E-state index in [0.717, 1.165) is 32.1 Å². The molecular formula is C28H29Cl4NO2. The fraction of sp³-hybridized carbons (Fsp3) is 0.500. The lowest BCUT2D eigenvalue weighted by molar-refractivity contribution is 0.00197. The second-order valence-corrected chi connectivity index (χ2v) is 12.8. The van der Waals surface area contributed by atoms with Crippen LogP contribution < -0.4 is 0 Å². The minimum atomic E-state index is -0.443. The molecule has 0 radical (unpaired) electrons. The number of hydrogen-bond donors (Lipinski definition) is 0. The maximum atomic E-state index is 13.5. The van der Waals surface area contributed by atoms with Crippen molar-refractivity contribution in [3.8, 4) is 0 Å². The molecule has 1 heterocycles. The molecule has 3 aliphatic rings. The standard InChI is InChI=1S/C28H29Cl4NO2/c1-14(2)15-6-8-17-16(12-15)7-9-18-27(3,10-5-11-28(17,18)4)13-33-25(34)19-20(26(33)35)22(30)24(32)23(31)21(19)29/h6,8,12,14,18H,5,7,9-11,13H2,1-4H3/t18-,27-,28+/m0/s1. The Morgan fingerprint density at radius 1 is 0.943 bits per heavy atom. The number of fused-ring (bicyclic) bond motifs is 4. The molecule has 35 heavy (non-hydrogen) atoms. The third-order valence-electron chi connectivity index (χ3n) is 8.87. The van der Waals surface area contributed by atoms with Crippen LogP contribution in [0.3, 0.4) is 0 Å². The molecule has 1 aliphatic heterocycles. The highest BCUT2D eigenvalue weighted by atomic mass is 35.5. The lowest BCUT2D eigenvalue weighted by Crippen LogP contribution is -2.54. The second kappa shape index (κ2) is 8.65. The van der Waals surface area contributed by atoms with Crippen LogP contribution in [0.15, 0.2) is 18.2 Å². The summed E-state index contributed by atoms with van der Waals surface area (Å²) in [6, 6.07) is 6.98. The lowest BCUT2D eigenvalue weighted by atomic mass is 9.49. The van der Waals surface area contributed by atoms with E-state index in [4.69, 9.17) is 46.4 Å². The first-order valence-corrected chi connectivity index (χ1v) is 13.8. The van der Waals surface area contributed by atoms with Gasteiger partial charge in [-0.15, -0.1) is 0 Å². The molecule has 2 aliphatic carbocycles. The SMILES string of the molecule is CC(C)c1ccc2c(c1)CC[C@H]1[C@](C)(CN3C(=O)c4c(Cl)c(Cl)c(Cl)c(Cl)c4C3=O)CCC[C@]21C. The first kappa shape index (κ1) is 25.4. The number of rotatable bonds is 3. The Kier molecular flexibility index (Phi) is 6.28. The Hall–Kier alpha value is -1.26. The van der Waals surface area contributed by atoms with Gasteiger partial charge in [0.2, 0.25) is 0 Å². The topological polar surface area (TPSA) is 37.4 Å². The molecule has 3 nitrogen and oxygen atoms in total. The number of amides is 2. The van der Waals surface area contributed by atoms with Gasteiger partial charge in [-0.1, -0.05) is 98.7 Å². The molecular weight excluding hydrogens is 524 g/mol. The molecule has 0 saturated heterocycles. The fourth-order valence-corrected chi connectivity index (χ4v) is 8.11. The van der Waals surface area contributed by atoms with Gasteiger partial charge in [-0.05, 0) is 65.0 Å². The highest BCUT2D eigenvalue weighted by Gasteiger charge is 2.54. The maximum absolute atomic E-state index is 13.5. The monoisotopic (exact) mass is 551 g/mol. The maximum Gasteiger partial charge on any atom is 0.263 e. The summed E-state index contributed by atoms with van der Waals surface area (Å²) in [5.74, 6) is -0.0518. The van der Waals surface area contributed by atoms with Crippen LogP contribution in [0.4, 0.5) is 0 Å². The van der Waals surface area contributed by atoms with Crippen molar-refractivity contribution in [2.24, 2.45) is 11.3 Å². The van der Waals surface area contributed by atoms with E-state index in [0.29, 0.717) is 18.4 Å². The average Bonchev–Trinajstić information content (AvgIpc) is 3.05. The molecule has 186 valence electrons. The minimum Gasteiger partial charge on any atom is -0.274 e. The summed E-state index contributed by atoms with van der Waals surface area (Å²) >= 11 is 25.1. The Bertz CT molecular complexity index is 1230. The molecule has 2 aromatic rings. The van der Waals surface area contributed by atoms with Crippen LogP contribution >= 0.6 is 46.4 Å². The van der Waals surface area contributed by atoms with Gasteiger partial charge in [0.1, 0.15) is 0 Å². The van der Waals surface area contributed by atoms with Crippen molar-refractivity contribution in [1.82, 2.24) is 4.90 Å². The fourth-order valence-electron chi connectivity index (χ4n) is 7.09. The molecule has 2 amide bonds. The van der Waals surface area contributed by atoms with Crippen LogP contribution in [0.25, 0.3) is 0 Å². The first-order chi connectivity index (χ1) is 16.4. The van der Waals surface area contributed by atoms with Gasteiger partial charge in [0, 0.05) is 6.54 Å². The molecule has 0 bridgehead atoms. The molecule has 3 atom stereocenters. The molecule has 2 aromatic carbocycles. The number of hydrogen-bond acceptors (Lipinski definition) is 2. The van der Waals surface area contributed by atoms with Gasteiger partial charge < -0.3 is 0 Å². The van der Waals surface area contributed by atoms with E-state index in [2.05, 4.69) is 45.9 Å². The third kappa shape index (κ3) is 3.68. The van der Waals surface area contributed by atoms with E-state index in [9.17, 15) is 9.59 Å². The summed E-state index contributed by atoms with van der Waals surface area (Å²) in [6.45, 7) is 9.38. The summed E-state index contributed by atoms with van der Waals surface area (Å²) in [7, 11) is 0. The van der Waals surface area contributed by atoms with Crippen LogP contribution in [0.5, 0.6) is 0 Å². The molecule has 7 heteroatoms. The summed E-state index contributed by atoms with van der Waals surface area (Å²) in [5.41, 5.74) is 4.14. The summed E-state index contributed by atoms with van der Waals surface area (Å²) in [6.07, 6.45) is 5.13. The molecule has 0 N–H and O–H groups in total. The zero-order chi connectivity index (χ0) is 25.4. The first-order valence-electron chi connectivity index (χ1n) is 12.3. The quantitative estimate of drug-likeness (QED) is 0.217. The Morgan fingerprint density at radius 3 is 2.11 bits per heavy atom. The summed E-state index contributed by atoms with van der Waals surface area (Å²) in [5, 5.41) is -0.0198. The van der Waals surface area contributed by atoms with E-state index in [1.165, 1.54) is 21.6 Å². The van der Waals surface area contributed by atoms with Gasteiger partial charge in [-0.3, -0.25) is 14.5 Å². The van der Waals surface area contributed by atoms with Crippen LogP contribution in [-0.2, 0) is 11.8 Å². The van der Waals surface area contributed by atoms with E-state index in [1.54, 1.807) is 0 Å². The van der Waals surface area contributed by atoms with Gasteiger partial charge in [-0.2, -0.15) is 0 Å². The zero-order valence-electron chi connectivity index (χ0n) is 20.4. The van der Waals surface area contributed by atoms with Gasteiger partial charge in [-0.25, -0.2) is 0 Å².